The molecule has 1 aromatic heterocycles. The lowest BCUT2D eigenvalue weighted by Crippen LogP contribution is -2.17. The number of aromatic nitrogens is 1. The van der Waals surface area contributed by atoms with Gasteiger partial charge in [0, 0.05) is 5.56 Å². The number of hydrogen-bond acceptors (Lipinski definition) is 6. The van der Waals surface area contributed by atoms with Gasteiger partial charge in [0.2, 0.25) is 0 Å². The minimum absolute atomic E-state index is 0.368. The predicted molar refractivity (Wildman–Crippen MR) is 147 cm³/mol. The Morgan fingerprint density at radius 1 is 1.00 bits per heavy atom. The topological polar surface area (TPSA) is 90.7 Å². The molecule has 3 aromatic carbocycles. The molecular weight excluding hydrogens is 492 g/mol. The van der Waals surface area contributed by atoms with Crippen LogP contribution in [0.15, 0.2) is 71.3 Å². The minimum atomic E-state index is -0.547. The lowest BCUT2D eigenvalue weighted by molar-refractivity contribution is -0.136. The van der Waals surface area contributed by atoms with Crippen molar-refractivity contribution in [2.24, 2.45) is 0 Å². The van der Waals surface area contributed by atoms with Gasteiger partial charge in [-0.2, -0.15) is 0 Å². The number of benzene rings is 3. The van der Waals surface area contributed by atoms with Crippen molar-refractivity contribution in [3.8, 4) is 22.5 Å². The quantitative estimate of drug-likeness (QED) is 0.245. The van der Waals surface area contributed by atoms with E-state index in [2.05, 4.69) is 16.5 Å². The summed E-state index contributed by atoms with van der Waals surface area (Å²) in [5, 5.41) is 6.94. The normalized spacial score (nSPS) is 15.7. The van der Waals surface area contributed by atoms with Gasteiger partial charge in [-0.15, -0.1) is 0 Å². The van der Waals surface area contributed by atoms with Gasteiger partial charge in [0.25, 0.3) is 6.47 Å². The van der Waals surface area contributed by atoms with Crippen LogP contribution >= 0.6 is 0 Å². The zero-order valence-corrected chi connectivity index (χ0v) is 22.0. The molecule has 1 atom stereocenters. The largest absolute Gasteiger partial charge is 0.456 e. The molecule has 0 aliphatic heterocycles. The maximum Gasteiger partial charge on any atom is 0.412 e. The van der Waals surface area contributed by atoms with Crippen molar-refractivity contribution < 1.29 is 23.6 Å². The number of nitrogens with one attached hydrogen (secondary N) is 1. The summed E-state index contributed by atoms with van der Waals surface area (Å²) in [5.41, 5.74) is 8.21. The van der Waals surface area contributed by atoms with E-state index in [1.807, 2.05) is 67.6 Å². The van der Waals surface area contributed by atoms with Gasteiger partial charge in [0.15, 0.2) is 5.76 Å². The molecule has 1 fully saturated rings. The van der Waals surface area contributed by atoms with E-state index < -0.39 is 11.7 Å². The first-order valence-electron chi connectivity index (χ1n) is 13.3. The maximum absolute atomic E-state index is 12.9. The van der Waals surface area contributed by atoms with Crippen molar-refractivity contribution in [3.63, 3.8) is 0 Å². The average molecular weight is 523 g/mol. The van der Waals surface area contributed by atoms with E-state index in [0.29, 0.717) is 23.6 Å². The Morgan fingerprint density at radius 3 is 2.38 bits per heavy atom. The highest BCUT2D eigenvalue weighted by Gasteiger charge is 2.46. The third-order valence-corrected chi connectivity index (χ3v) is 7.86. The van der Waals surface area contributed by atoms with Crippen molar-refractivity contribution in [2.45, 2.75) is 57.7 Å². The molecule has 0 radical (unpaired) electrons. The Kier molecular flexibility index (Phi) is 6.43. The van der Waals surface area contributed by atoms with Crippen LogP contribution in [-0.4, -0.2) is 17.7 Å². The van der Waals surface area contributed by atoms with E-state index in [0.717, 1.165) is 59.9 Å². The van der Waals surface area contributed by atoms with Gasteiger partial charge in [-0.05, 0) is 79.3 Å². The molecule has 1 amide bonds. The Labute approximate surface area is 227 Å². The van der Waals surface area contributed by atoms with Crippen molar-refractivity contribution in [1.82, 2.24) is 5.16 Å². The second kappa shape index (κ2) is 10.1. The third-order valence-electron chi connectivity index (χ3n) is 7.86. The smallest absolute Gasteiger partial charge is 0.412 e. The highest BCUT2D eigenvalue weighted by atomic mass is 16.6. The van der Waals surface area contributed by atoms with Crippen LogP contribution in [0.5, 0.6) is 0 Å². The van der Waals surface area contributed by atoms with Gasteiger partial charge in [-0.3, -0.25) is 10.1 Å². The summed E-state index contributed by atoms with van der Waals surface area (Å²) in [4.78, 5) is 23.7. The van der Waals surface area contributed by atoms with E-state index in [4.69, 9.17) is 14.0 Å². The third kappa shape index (κ3) is 4.80. The molecule has 7 heteroatoms. The van der Waals surface area contributed by atoms with E-state index >= 15 is 0 Å². The van der Waals surface area contributed by atoms with E-state index in [-0.39, 0.29) is 6.10 Å². The van der Waals surface area contributed by atoms with Gasteiger partial charge < -0.3 is 14.0 Å². The molecule has 1 heterocycles. The van der Waals surface area contributed by atoms with Crippen molar-refractivity contribution in [3.05, 3.63) is 94.7 Å². The van der Waals surface area contributed by atoms with Crippen LogP contribution in [0, 0.1) is 6.92 Å². The van der Waals surface area contributed by atoms with Crippen LogP contribution in [0.25, 0.3) is 22.5 Å². The molecule has 0 bridgehead atoms. The summed E-state index contributed by atoms with van der Waals surface area (Å²) < 4.78 is 16.7. The molecule has 198 valence electrons. The van der Waals surface area contributed by atoms with E-state index in [1.165, 1.54) is 11.1 Å². The fraction of sp³-hybridized carbons (Fsp3) is 0.281. The van der Waals surface area contributed by atoms with Gasteiger partial charge in [0.05, 0.1) is 0 Å². The van der Waals surface area contributed by atoms with Crippen molar-refractivity contribution in [2.75, 3.05) is 5.32 Å². The molecule has 7 nitrogen and oxygen atoms in total. The number of rotatable bonds is 8. The summed E-state index contributed by atoms with van der Waals surface area (Å²) in [6.45, 7) is 4.22. The number of anilines is 1. The summed E-state index contributed by atoms with van der Waals surface area (Å²) in [6, 6.07) is 22.2. The van der Waals surface area contributed by atoms with Crippen LogP contribution < -0.4 is 5.32 Å². The van der Waals surface area contributed by atoms with Gasteiger partial charge in [-0.1, -0.05) is 71.9 Å². The van der Waals surface area contributed by atoms with Crippen LogP contribution in [0.4, 0.5) is 10.5 Å². The summed E-state index contributed by atoms with van der Waals surface area (Å²) in [5.74, 6) is 0.473. The number of nitrogens with zero attached hydrogens (tertiary/aromatic N) is 1. The SMILES string of the molecule is Cc1noc(-c2ccc(-c3ccc(C4(OC=O)CC4)cc3)cc2)c1NC(=O)O[C@H](C)c1cccc2c1CCC2. The summed E-state index contributed by atoms with van der Waals surface area (Å²) >= 11 is 0. The number of carbonyl (C=O) groups excluding carboxylic acids is 2. The molecule has 2 aliphatic carbocycles. The van der Waals surface area contributed by atoms with Crippen LogP contribution in [-0.2, 0) is 32.7 Å². The second-order valence-electron chi connectivity index (χ2n) is 10.3. The number of amides is 1. The predicted octanol–water partition coefficient (Wildman–Crippen LogP) is 7.28. The zero-order valence-electron chi connectivity index (χ0n) is 22.0. The van der Waals surface area contributed by atoms with E-state index in [1.54, 1.807) is 6.92 Å². The summed E-state index contributed by atoms with van der Waals surface area (Å²) in [7, 11) is 0. The molecule has 39 heavy (non-hydrogen) atoms. The molecule has 6 rings (SSSR count). The number of fused-ring (bicyclic) bond motifs is 1. The Bertz CT molecular complexity index is 1520. The molecule has 4 aromatic rings. The number of ether oxygens (including phenoxy) is 2. The first-order chi connectivity index (χ1) is 19.0. The standard InChI is InChI=1S/C32H30N2O5/c1-20-29(33-31(36)38-21(2)27-7-3-5-24-6-4-8-28(24)27)30(39-34-20)25-11-9-22(10-12-25)23-13-15-26(16-14-23)32(17-18-32)37-19-35/h3,5,7,9-16,19,21H,4,6,8,17-18H2,1-2H3,(H,33,36)/t21-/m1/s1. The van der Waals surface area contributed by atoms with Gasteiger partial charge >= 0.3 is 6.09 Å². The Balaban J connectivity index is 1.15. The lowest BCUT2D eigenvalue weighted by atomic mass is 9.99. The van der Waals surface area contributed by atoms with Gasteiger partial charge in [0.1, 0.15) is 23.1 Å². The number of aryl methyl sites for hydroxylation is 2. The zero-order chi connectivity index (χ0) is 27.0. The Hall–Kier alpha value is -4.39. The highest BCUT2D eigenvalue weighted by molar-refractivity contribution is 5.91. The van der Waals surface area contributed by atoms with Crippen LogP contribution in [0.2, 0.25) is 0 Å². The molecule has 0 spiro atoms. The molecule has 1 N–H and O–H groups in total. The second-order valence-corrected chi connectivity index (χ2v) is 10.3. The molecular formula is C32H30N2O5. The molecule has 2 aliphatic rings. The monoisotopic (exact) mass is 522 g/mol. The summed E-state index contributed by atoms with van der Waals surface area (Å²) in [6.07, 6.45) is 4.02. The fourth-order valence-electron chi connectivity index (χ4n) is 5.56. The highest BCUT2D eigenvalue weighted by Crippen LogP contribution is 2.49. The van der Waals surface area contributed by atoms with E-state index in [9.17, 15) is 9.59 Å². The first kappa shape index (κ1) is 24.9. The van der Waals surface area contributed by atoms with Crippen molar-refractivity contribution >= 4 is 18.3 Å². The average Bonchev–Trinajstić information content (AvgIpc) is 3.41. The maximum atomic E-state index is 12.9. The van der Waals surface area contributed by atoms with Crippen molar-refractivity contribution in [1.29, 1.82) is 0 Å². The number of hydrogen-bond donors (Lipinski definition) is 1. The molecule has 0 unspecified atom stereocenters. The molecule has 0 saturated heterocycles. The molecule has 1 saturated carbocycles. The minimum Gasteiger partial charge on any atom is -0.456 e. The fourth-order valence-corrected chi connectivity index (χ4v) is 5.56. The lowest BCUT2D eigenvalue weighted by Gasteiger charge is -2.17. The van der Waals surface area contributed by atoms with Crippen LogP contribution in [0.1, 0.15) is 60.2 Å². The first-order valence-corrected chi connectivity index (χ1v) is 13.3. The number of carbonyl (C=O) groups is 2. The van der Waals surface area contributed by atoms with Gasteiger partial charge in [-0.25, -0.2) is 4.79 Å². The Morgan fingerprint density at radius 2 is 1.69 bits per heavy atom. The van der Waals surface area contributed by atoms with Crippen LogP contribution in [0.3, 0.4) is 0 Å².